The second-order valence-corrected chi connectivity index (χ2v) is 5.96. The van der Waals surface area contributed by atoms with E-state index in [1.807, 2.05) is 6.07 Å². The zero-order valence-corrected chi connectivity index (χ0v) is 12.2. The van der Waals surface area contributed by atoms with Gasteiger partial charge in [0.1, 0.15) is 12.4 Å². The topological polar surface area (TPSA) is 41.5 Å². The monoisotopic (exact) mass is 263 g/mol. The second kappa shape index (κ2) is 5.93. The first kappa shape index (κ1) is 14.4. The lowest BCUT2D eigenvalue weighted by atomic mass is 9.87. The maximum absolute atomic E-state index is 9.72. The molecule has 1 aliphatic carbocycles. The van der Waals surface area contributed by atoms with Crippen LogP contribution < -0.4 is 10.1 Å². The normalized spacial score (nSPS) is 19.1. The van der Waals surface area contributed by atoms with Gasteiger partial charge < -0.3 is 15.2 Å². The van der Waals surface area contributed by atoms with Crippen LogP contribution in [0.4, 0.5) is 0 Å². The van der Waals surface area contributed by atoms with E-state index in [0.717, 1.165) is 18.7 Å². The maximum Gasteiger partial charge on any atom is 0.119 e. The highest BCUT2D eigenvalue weighted by Gasteiger charge is 2.20. The van der Waals surface area contributed by atoms with Crippen LogP contribution in [0.2, 0.25) is 0 Å². The number of nitrogens with one attached hydrogen (secondary N) is 1. The van der Waals surface area contributed by atoms with Crippen LogP contribution in [-0.2, 0) is 6.42 Å². The highest BCUT2D eigenvalue weighted by atomic mass is 16.5. The molecule has 3 nitrogen and oxygen atoms in total. The Balaban J connectivity index is 2.14. The SMILES string of the molecule is CCNC1CCCc2ccc(OCC(C)(C)O)cc21. The minimum Gasteiger partial charge on any atom is -0.491 e. The molecule has 1 aliphatic rings. The summed E-state index contributed by atoms with van der Waals surface area (Å²) in [4.78, 5) is 0. The fourth-order valence-corrected chi connectivity index (χ4v) is 2.59. The number of hydrogen-bond acceptors (Lipinski definition) is 3. The van der Waals surface area contributed by atoms with Crippen molar-refractivity contribution < 1.29 is 9.84 Å². The fraction of sp³-hybridized carbons (Fsp3) is 0.625. The van der Waals surface area contributed by atoms with Gasteiger partial charge in [-0.15, -0.1) is 0 Å². The van der Waals surface area contributed by atoms with Crippen molar-refractivity contribution in [3.8, 4) is 5.75 Å². The quantitative estimate of drug-likeness (QED) is 0.858. The molecule has 0 heterocycles. The van der Waals surface area contributed by atoms with E-state index in [2.05, 4.69) is 24.4 Å². The van der Waals surface area contributed by atoms with E-state index < -0.39 is 5.60 Å². The van der Waals surface area contributed by atoms with Crippen LogP contribution in [-0.4, -0.2) is 23.9 Å². The van der Waals surface area contributed by atoms with Gasteiger partial charge in [-0.1, -0.05) is 13.0 Å². The van der Waals surface area contributed by atoms with Crippen LogP contribution in [0.25, 0.3) is 0 Å². The Labute approximate surface area is 116 Å². The van der Waals surface area contributed by atoms with Crippen molar-refractivity contribution in [2.24, 2.45) is 0 Å². The fourth-order valence-electron chi connectivity index (χ4n) is 2.59. The van der Waals surface area contributed by atoms with E-state index in [4.69, 9.17) is 4.74 Å². The Morgan fingerprint density at radius 1 is 1.42 bits per heavy atom. The van der Waals surface area contributed by atoms with Crippen LogP contribution in [0.3, 0.4) is 0 Å². The van der Waals surface area contributed by atoms with Crippen molar-refractivity contribution in [1.82, 2.24) is 5.32 Å². The Kier molecular flexibility index (Phi) is 4.48. The lowest BCUT2D eigenvalue weighted by Crippen LogP contribution is -2.28. The molecule has 0 radical (unpaired) electrons. The summed E-state index contributed by atoms with van der Waals surface area (Å²) in [6.07, 6.45) is 3.59. The van der Waals surface area contributed by atoms with Crippen LogP contribution >= 0.6 is 0 Å². The van der Waals surface area contributed by atoms with Gasteiger partial charge in [0, 0.05) is 6.04 Å². The summed E-state index contributed by atoms with van der Waals surface area (Å²) in [5, 5.41) is 13.3. The standard InChI is InChI=1S/C16H25NO2/c1-4-17-15-7-5-6-12-8-9-13(10-14(12)15)19-11-16(2,3)18/h8-10,15,17-18H,4-7,11H2,1-3H3. The molecule has 1 aromatic rings. The molecule has 0 amide bonds. The van der Waals surface area contributed by atoms with Gasteiger partial charge in [-0.3, -0.25) is 0 Å². The van der Waals surface area contributed by atoms with Gasteiger partial charge in [-0.25, -0.2) is 0 Å². The number of rotatable bonds is 5. The molecular formula is C16H25NO2. The molecule has 106 valence electrons. The van der Waals surface area contributed by atoms with Crippen LogP contribution in [0.1, 0.15) is 50.8 Å². The third kappa shape index (κ3) is 3.95. The lowest BCUT2D eigenvalue weighted by molar-refractivity contribution is 0.0284. The van der Waals surface area contributed by atoms with Gasteiger partial charge in [0.05, 0.1) is 5.60 Å². The molecular weight excluding hydrogens is 238 g/mol. The Hall–Kier alpha value is -1.06. The van der Waals surface area contributed by atoms with Gasteiger partial charge in [0.15, 0.2) is 0 Å². The van der Waals surface area contributed by atoms with Gasteiger partial charge in [-0.2, -0.15) is 0 Å². The molecule has 0 saturated heterocycles. The third-order valence-corrected chi connectivity index (χ3v) is 3.47. The first-order chi connectivity index (χ1) is 8.99. The maximum atomic E-state index is 9.72. The number of aryl methyl sites for hydroxylation is 1. The zero-order valence-electron chi connectivity index (χ0n) is 12.2. The van der Waals surface area contributed by atoms with E-state index >= 15 is 0 Å². The number of aliphatic hydroxyl groups is 1. The average Bonchev–Trinajstić information content (AvgIpc) is 2.36. The smallest absolute Gasteiger partial charge is 0.119 e. The lowest BCUT2D eigenvalue weighted by Gasteiger charge is -2.27. The minimum atomic E-state index is -0.795. The number of ether oxygens (including phenoxy) is 1. The average molecular weight is 263 g/mol. The minimum absolute atomic E-state index is 0.317. The van der Waals surface area contributed by atoms with Crippen LogP contribution in [0.15, 0.2) is 18.2 Å². The van der Waals surface area contributed by atoms with Gasteiger partial charge in [0.2, 0.25) is 0 Å². The molecule has 2 N–H and O–H groups in total. The molecule has 1 unspecified atom stereocenters. The predicted molar refractivity (Wildman–Crippen MR) is 77.6 cm³/mol. The Morgan fingerprint density at radius 2 is 2.21 bits per heavy atom. The summed E-state index contributed by atoms with van der Waals surface area (Å²) in [5.41, 5.74) is 1.99. The molecule has 0 fully saturated rings. The van der Waals surface area contributed by atoms with Crippen LogP contribution in [0, 0.1) is 0 Å². The Bertz CT molecular complexity index is 423. The molecule has 0 aliphatic heterocycles. The molecule has 2 rings (SSSR count). The van der Waals surface area contributed by atoms with Gasteiger partial charge >= 0.3 is 0 Å². The molecule has 19 heavy (non-hydrogen) atoms. The highest BCUT2D eigenvalue weighted by Crippen LogP contribution is 2.32. The molecule has 0 saturated carbocycles. The summed E-state index contributed by atoms with van der Waals surface area (Å²) < 4.78 is 5.69. The second-order valence-electron chi connectivity index (χ2n) is 5.96. The molecule has 1 aromatic carbocycles. The third-order valence-electron chi connectivity index (χ3n) is 3.47. The van der Waals surface area contributed by atoms with Crippen molar-refractivity contribution >= 4 is 0 Å². The van der Waals surface area contributed by atoms with E-state index in [-0.39, 0.29) is 0 Å². The number of fused-ring (bicyclic) bond motifs is 1. The van der Waals surface area contributed by atoms with Crippen molar-refractivity contribution in [3.05, 3.63) is 29.3 Å². The molecule has 1 atom stereocenters. The van der Waals surface area contributed by atoms with Crippen molar-refractivity contribution in [2.75, 3.05) is 13.2 Å². The molecule has 0 bridgehead atoms. The summed E-state index contributed by atoms with van der Waals surface area (Å²) in [6.45, 7) is 6.96. The Morgan fingerprint density at radius 3 is 2.89 bits per heavy atom. The van der Waals surface area contributed by atoms with E-state index in [1.54, 1.807) is 13.8 Å². The summed E-state index contributed by atoms with van der Waals surface area (Å²) in [5.74, 6) is 0.852. The van der Waals surface area contributed by atoms with Gasteiger partial charge in [-0.05, 0) is 62.9 Å². The van der Waals surface area contributed by atoms with Crippen LogP contribution in [0.5, 0.6) is 5.75 Å². The molecule has 0 spiro atoms. The van der Waals surface area contributed by atoms with Gasteiger partial charge in [0.25, 0.3) is 0 Å². The van der Waals surface area contributed by atoms with E-state index in [9.17, 15) is 5.11 Å². The van der Waals surface area contributed by atoms with Crippen molar-refractivity contribution in [3.63, 3.8) is 0 Å². The van der Waals surface area contributed by atoms with E-state index in [0.29, 0.717) is 12.6 Å². The molecule has 3 heteroatoms. The summed E-state index contributed by atoms with van der Waals surface area (Å²) in [6, 6.07) is 6.75. The highest BCUT2D eigenvalue weighted by molar-refractivity contribution is 5.39. The first-order valence-electron chi connectivity index (χ1n) is 7.21. The number of hydrogen-bond donors (Lipinski definition) is 2. The first-order valence-corrected chi connectivity index (χ1v) is 7.21. The zero-order chi connectivity index (χ0) is 13.9. The summed E-state index contributed by atoms with van der Waals surface area (Å²) in [7, 11) is 0. The number of benzene rings is 1. The van der Waals surface area contributed by atoms with Crippen molar-refractivity contribution in [1.29, 1.82) is 0 Å². The summed E-state index contributed by atoms with van der Waals surface area (Å²) >= 11 is 0. The molecule has 0 aromatic heterocycles. The van der Waals surface area contributed by atoms with Crippen molar-refractivity contribution in [2.45, 2.75) is 51.7 Å². The predicted octanol–water partition coefficient (Wildman–Crippen LogP) is 2.82. The largest absolute Gasteiger partial charge is 0.491 e. The van der Waals surface area contributed by atoms with E-state index in [1.165, 1.54) is 24.0 Å².